The first-order chi connectivity index (χ1) is 9.58. The molecular formula is C15H23N3O2. The number of nitrogens with one attached hydrogen (secondary N) is 1. The van der Waals surface area contributed by atoms with E-state index in [0.29, 0.717) is 23.7 Å². The number of rotatable bonds is 4. The highest BCUT2D eigenvalue weighted by atomic mass is 16.5. The van der Waals surface area contributed by atoms with Gasteiger partial charge in [-0.2, -0.15) is 0 Å². The Bertz CT molecular complexity index is 468. The van der Waals surface area contributed by atoms with E-state index in [4.69, 9.17) is 10.5 Å². The van der Waals surface area contributed by atoms with Gasteiger partial charge < -0.3 is 20.7 Å². The predicted molar refractivity (Wildman–Crippen MR) is 81.1 cm³/mol. The van der Waals surface area contributed by atoms with Gasteiger partial charge in [-0.3, -0.25) is 4.79 Å². The highest BCUT2D eigenvalue weighted by molar-refractivity contribution is 6.00. The maximum atomic E-state index is 12.3. The van der Waals surface area contributed by atoms with Gasteiger partial charge in [-0.1, -0.05) is 0 Å². The molecule has 1 aromatic rings. The van der Waals surface area contributed by atoms with E-state index in [0.717, 1.165) is 31.7 Å². The molecule has 0 bridgehead atoms. The zero-order valence-corrected chi connectivity index (χ0v) is 12.2. The summed E-state index contributed by atoms with van der Waals surface area (Å²) in [6.07, 6.45) is 2.02. The Hall–Kier alpha value is -1.75. The summed E-state index contributed by atoms with van der Waals surface area (Å²) in [5.41, 5.74) is 7.90. The molecule has 1 saturated heterocycles. The lowest BCUT2D eigenvalue weighted by Gasteiger charge is -2.23. The molecule has 0 spiro atoms. The largest absolute Gasteiger partial charge is 0.399 e. The number of benzene rings is 1. The Kier molecular flexibility index (Phi) is 4.84. The van der Waals surface area contributed by atoms with Crippen LogP contribution in [0.5, 0.6) is 0 Å². The van der Waals surface area contributed by atoms with Crippen LogP contribution in [0.4, 0.5) is 11.4 Å². The fraction of sp³-hybridized carbons (Fsp3) is 0.533. The Morgan fingerprint density at radius 1 is 1.40 bits per heavy atom. The summed E-state index contributed by atoms with van der Waals surface area (Å²) in [6, 6.07) is 5.41. The van der Waals surface area contributed by atoms with Crippen LogP contribution in [-0.2, 0) is 4.74 Å². The quantitative estimate of drug-likeness (QED) is 0.818. The van der Waals surface area contributed by atoms with E-state index in [1.54, 1.807) is 6.07 Å². The van der Waals surface area contributed by atoms with Crippen LogP contribution in [0.25, 0.3) is 0 Å². The molecule has 3 N–H and O–H groups in total. The summed E-state index contributed by atoms with van der Waals surface area (Å²) in [5, 5.41) is 3.01. The molecule has 2 rings (SSSR count). The van der Waals surface area contributed by atoms with E-state index in [2.05, 4.69) is 5.32 Å². The molecular weight excluding hydrogens is 254 g/mol. The van der Waals surface area contributed by atoms with E-state index in [1.165, 1.54) is 0 Å². The standard InChI is InChI=1S/C15H23N3O2/c1-18(2)14-4-3-12(16)9-13(14)15(19)17-10-11-5-7-20-8-6-11/h3-4,9,11H,5-8,10,16H2,1-2H3,(H,17,19). The number of nitrogens with two attached hydrogens (primary N) is 1. The summed E-state index contributed by atoms with van der Waals surface area (Å²) < 4.78 is 5.32. The van der Waals surface area contributed by atoms with Crippen LogP contribution in [0.3, 0.4) is 0 Å². The monoisotopic (exact) mass is 277 g/mol. The van der Waals surface area contributed by atoms with Crippen molar-refractivity contribution in [3.05, 3.63) is 23.8 Å². The lowest BCUT2D eigenvalue weighted by atomic mass is 10.0. The summed E-state index contributed by atoms with van der Waals surface area (Å²) in [5.74, 6) is 0.448. The Balaban J connectivity index is 2.02. The van der Waals surface area contributed by atoms with Gasteiger partial charge in [0.1, 0.15) is 0 Å². The first kappa shape index (κ1) is 14.7. The lowest BCUT2D eigenvalue weighted by Crippen LogP contribution is -2.33. The molecule has 0 unspecified atom stereocenters. The van der Waals surface area contributed by atoms with Crippen molar-refractivity contribution in [2.24, 2.45) is 5.92 Å². The molecule has 1 amide bonds. The number of amides is 1. The van der Waals surface area contributed by atoms with Gasteiger partial charge in [0.15, 0.2) is 0 Å². The van der Waals surface area contributed by atoms with E-state index in [1.807, 2.05) is 31.1 Å². The molecule has 110 valence electrons. The van der Waals surface area contributed by atoms with Gasteiger partial charge in [0, 0.05) is 45.2 Å². The minimum atomic E-state index is -0.0625. The molecule has 1 aromatic carbocycles. The molecule has 0 aromatic heterocycles. The van der Waals surface area contributed by atoms with Crippen molar-refractivity contribution < 1.29 is 9.53 Å². The van der Waals surface area contributed by atoms with Crippen LogP contribution < -0.4 is 16.0 Å². The number of anilines is 2. The highest BCUT2D eigenvalue weighted by Gasteiger charge is 2.17. The molecule has 0 radical (unpaired) electrons. The maximum Gasteiger partial charge on any atom is 0.253 e. The minimum Gasteiger partial charge on any atom is -0.399 e. The number of ether oxygens (including phenoxy) is 1. The van der Waals surface area contributed by atoms with Crippen molar-refractivity contribution in [1.82, 2.24) is 5.32 Å². The van der Waals surface area contributed by atoms with Gasteiger partial charge in [-0.25, -0.2) is 0 Å². The zero-order chi connectivity index (χ0) is 14.5. The third-order valence-electron chi connectivity index (χ3n) is 3.64. The second-order valence-electron chi connectivity index (χ2n) is 5.44. The first-order valence-electron chi connectivity index (χ1n) is 7.00. The van der Waals surface area contributed by atoms with Gasteiger partial charge in [0.05, 0.1) is 5.56 Å². The summed E-state index contributed by atoms with van der Waals surface area (Å²) in [6.45, 7) is 2.29. The van der Waals surface area contributed by atoms with Crippen molar-refractivity contribution in [3.63, 3.8) is 0 Å². The predicted octanol–water partition coefficient (Wildman–Crippen LogP) is 1.49. The molecule has 1 aliphatic heterocycles. The fourth-order valence-electron chi connectivity index (χ4n) is 2.41. The van der Waals surface area contributed by atoms with Crippen molar-refractivity contribution in [3.8, 4) is 0 Å². The third kappa shape index (κ3) is 3.63. The van der Waals surface area contributed by atoms with Crippen molar-refractivity contribution in [2.75, 3.05) is 44.5 Å². The number of hydrogen-bond donors (Lipinski definition) is 2. The summed E-state index contributed by atoms with van der Waals surface area (Å²) in [4.78, 5) is 14.3. The average Bonchev–Trinajstić information content (AvgIpc) is 2.45. The van der Waals surface area contributed by atoms with Crippen LogP contribution in [0.1, 0.15) is 23.2 Å². The molecule has 20 heavy (non-hydrogen) atoms. The number of hydrogen-bond acceptors (Lipinski definition) is 4. The molecule has 1 aliphatic rings. The SMILES string of the molecule is CN(C)c1ccc(N)cc1C(=O)NCC1CCOCC1. The van der Waals surface area contributed by atoms with Gasteiger partial charge >= 0.3 is 0 Å². The van der Waals surface area contributed by atoms with Crippen LogP contribution in [0.2, 0.25) is 0 Å². The molecule has 0 saturated carbocycles. The van der Waals surface area contributed by atoms with Crippen LogP contribution in [-0.4, -0.2) is 39.8 Å². The van der Waals surface area contributed by atoms with Gasteiger partial charge in [-0.15, -0.1) is 0 Å². The number of nitrogens with zero attached hydrogens (tertiary/aromatic N) is 1. The van der Waals surface area contributed by atoms with Crippen LogP contribution >= 0.6 is 0 Å². The number of carbonyl (C=O) groups is 1. The Morgan fingerprint density at radius 3 is 2.75 bits per heavy atom. The maximum absolute atomic E-state index is 12.3. The minimum absolute atomic E-state index is 0.0625. The molecule has 5 heteroatoms. The third-order valence-corrected chi connectivity index (χ3v) is 3.64. The fourth-order valence-corrected chi connectivity index (χ4v) is 2.41. The highest BCUT2D eigenvalue weighted by Crippen LogP contribution is 2.21. The molecule has 5 nitrogen and oxygen atoms in total. The van der Waals surface area contributed by atoms with Crippen molar-refractivity contribution >= 4 is 17.3 Å². The Labute approximate surface area is 120 Å². The van der Waals surface area contributed by atoms with E-state index >= 15 is 0 Å². The second-order valence-corrected chi connectivity index (χ2v) is 5.44. The van der Waals surface area contributed by atoms with E-state index < -0.39 is 0 Å². The average molecular weight is 277 g/mol. The van der Waals surface area contributed by atoms with Gasteiger partial charge in [-0.05, 0) is 37.0 Å². The lowest BCUT2D eigenvalue weighted by molar-refractivity contribution is 0.0643. The van der Waals surface area contributed by atoms with Crippen molar-refractivity contribution in [2.45, 2.75) is 12.8 Å². The van der Waals surface area contributed by atoms with Crippen molar-refractivity contribution in [1.29, 1.82) is 0 Å². The van der Waals surface area contributed by atoms with Crippen LogP contribution in [0, 0.1) is 5.92 Å². The normalized spacial score (nSPS) is 15.9. The molecule has 1 fully saturated rings. The van der Waals surface area contributed by atoms with Gasteiger partial charge in [0.2, 0.25) is 0 Å². The summed E-state index contributed by atoms with van der Waals surface area (Å²) >= 11 is 0. The Morgan fingerprint density at radius 2 is 2.10 bits per heavy atom. The van der Waals surface area contributed by atoms with Gasteiger partial charge in [0.25, 0.3) is 5.91 Å². The van der Waals surface area contributed by atoms with E-state index in [9.17, 15) is 4.79 Å². The topological polar surface area (TPSA) is 67.6 Å². The smallest absolute Gasteiger partial charge is 0.253 e. The summed E-state index contributed by atoms with van der Waals surface area (Å²) in [7, 11) is 3.83. The zero-order valence-electron chi connectivity index (χ0n) is 12.2. The molecule has 0 atom stereocenters. The molecule has 0 aliphatic carbocycles. The number of carbonyl (C=O) groups excluding carboxylic acids is 1. The first-order valence-corrected chi connectivity index (χ1v) is 7.00. The van der Waals surface area contributed by atoms with E-state index in [-0.39, 0.29) is 5.91 Å². The second kappa shape index (κ2) is 6.61. The molecule has 1 heterocycles. The van der Waals surface area contributed by atoms with Crippen LogP contribution in [0.15, 0.2) is 18.2 Å². The number of nitrogen functional groups attached to an aromatic ring is 1.